The number of nitrogens with zero attached hydrogens (tertiary/aromatic N) is 4. The summed E-state index contributed by atoms with van der Waals surface area (Å²) in [4.78, 5) is 26.9. The molecular weight excluding hydrogens is 507 g/mol. The molecule has 1 aromatic heterocycles. The van der Waals surface area contributed by atoms with Crippen LogP contribution in [0.1, 0.15) is 25.3 Å². The van der Waals surface area contributed by atoms with Crippen molar-refractivity contribution in [3.8, 4) is 17.1 Å². The normalized spacial score (nSPS) is 15.8. The number of carbonyl (C=O) groups is 2. The number of carbonyl (C=O) groups excluding carboxylic acids is 2. The van der Waals surface area contributed by atoms with Crippen LogP contribution < -0.4 is 0 Å². The molecule has 1 aliphatic heterocycles. The fourth-order valence-electron chi connectivity index (χ4n) is 3.98. The zero-order valence-corrected chi connectivity index (χ0v) is 21.9. The predicted octanol–water partition coefficient (Wildman–Crippen LogP) is 5.44. The van der Waals surface area contributed by atoms with Crippen molar-refractivity contribution in [1.29, 1.82) is 0 Å². The van der Waals surface area contributed by atoms with Crippen LogP contribution in [0.2, 0.25) is 10.0 Å². The minimum atomic E-state index is -0.273. The van der Waals surface area contributed by atoms with E-state index in [1.165, 1.54) is 11.8 Å². The smallest absolute Gasteiger partial charge is 0.310 e. The highest BCUT2D eigenvalue weighted by atomic mass is 35.5. The van der Waals surface area contributed by atoms with E-state index in [0.29, 0.717) is 40.7 Å². The van der Waals surface area contributed by atoms with Crippen molar-refractivity contribution < 1.29 is 14.3 Å². The number of hydrogen-bond acceptors (Lipinski definition) is 6. The van der Waals surface area contributed by atoms with Gasteiger partial charge in [0.05, 0.1) is 34.0 Å². The molecular formula is C25H26Cl2N4O3S. The number of benzene rings is 2. The third-order valence-corrected chi connectivity index (χ3v) is 7.48. The van der Waals surface area contributed by atoms with Crippen LogP contribution >= 0.6 is 35.0 Å². The molecule has 3 aromatic rings. The van der Waals surface area contributed by atoms with Crippen LogP contribution in [-0.4, -0.2) is 57.0 Å². The number of esters is 1. The van der Waals surface area contributed by atoms with Crippen LogP contribution in [0.5, 0.6) is 0 Å². The molecule has 1 saturated heterocycles. The molecule has 0 bridgehead atoms. The number of thioether (sulfide) groups is 1. The van der Waals surface area contributed by atoms with Gasteiger partial charge in [-0.15, -0.1) is 10.2 Å². The van der Waals surface area contributed by atoms with E-state index >= 15 is 0 Å². The van der Waals surface area contributed by atoms with E-state index < -0.39 is 0 Å². The quantitative estimate of drug-likeness (QED) is 0.297. The minimum Gasteiger partial charge on any atom is -0.466 e. The highest BCUT2D eigenvalue weighted by Gasteiger charge is 2.29. The van der Waals surface area contributed by atoms with E-state index in [0.717, 1.165) is 29.7 Å². The molecule has 1 unspecified atom stereocenters. The molecule has 1 fully saturated rings. The summed E-state index contributed by atoms with van der Waals surface area (Å²) < 4.78 is 7.03. The van der Waals surface area contributed by atoms with E-state index in [9.17, 15) is 9.59 Å². The van der Waals surface area contributed by atoms with E-state index in [1.54, 1.807) is 24.0 Å². The zero-order chi connectivity index (χ0) is 24.9. The Labute approximate surface area is 218 Å². The van der Waals surface area contributed by atoms with Crippen molar-refractivity contribution in [1.82, 2.24) is 19.7 Å². The Hall–Kier alpha value is -2.55. The monoisotopic (exact) mass is 532 g/mol. The summed E-state index contributed by atoms with van der Waals surface area (Å²) in [6, 6.07) is 13.3. The Morgan fingerprint density at radius 3 is 2.60 bits per heavy atom. The third kappa shape index (κ3) is 6.00. The number of aryl methyl sites for hydroxylation is 1. The van der Waals surface area contributed by atoms with E-state index in [2.05, 4.69) is 10.2 Å². The summed E-state index contributed by atoms with van der Waals surface area (Å²) >= 11 is 13.7. The summed E-state index contributed by atoms with van der Waals surface area (Å²) in [5.74, 6) is 0.247. The molecule has 0 spiro atoms. The average molecular weight is 533 g/mol. The van der Waals surface area contributed by atoms with Crippen LogP contribution in [0.15, 0.2) is 47.6 Å². The van der Waals surface area contributed by atoms with Gasteiger partial charge in [0.1, 0.15) is 0 Å². The number of hydrogen-bond donors (Lipinski definition) is 0. The number of amides is 1. The largest absolute Gasteiger partial charge is 0.466 e. The Morgan fingerprint density at radius 1 is 1.11 bits per heavy atom. The molecule has 0 N–H and O–H groups in total. The standard InChI is InChI=1S/C25H26Cl2N4O3S/c1-3-34-24(33)18-5-4-12-30(14-18)22(32)15-35-25-29-28-23(17-8-6-16(2)7-9-17)31(25)19-10-11-20(26)21(27)13-19/h6-11,13,18H,3-5,12,14-15H2,1-2H3. The molecule has 10 heteroatoms. The van der Waals surface area contributed by atoms with Gasteiger partial charge in [-0.05, 0) is 44.9 Å². The predicted molar refractivity (Wildman–Crippen MR) is 138 cm³/mol. The maximum absolute atomic E-state index is 13.0. The minimum absolute atomic E-state index is 0.0513. The first-order valence-electron chi connectivity index (χ1n) is 11.4. The Balaban J connectivity index is 1.56. The van der Waals surface area contributed by atoms with Crippen LogP contribution in [0.3, 0.4) is 0 Å². The molecule has 1 amide bonds. The first-order valence-corrected chi connectivity index (χ1v) is 13.2. The number of rotatable bonds is 7. The number of halogens is 2. The molecule has 184 valence electrons. The average Bonchev–Trinajstić information content (AvgIpc) is 3.29. The number of piperidine rings is 1. The summed E-state index contributed by atoms with van der Waals surface area (Å²) in [5, 5.41) is 10.2. The van der Waals surface area contributed by atoms with Gasteiger partial charge in [0.15, 0.2) is 11.0 Å². The summed E-state index contributed by atoms with van der Waals surface area (Å²) in [6.07, 6.45) is 1.51. The van der Waals surface area contributed by atoms with Crippen molar-refractivity contribution >= 4 is 46.8 Å². The maximum Gasteiger partial charge on any atom is 0.310 e. The van der Waals surface area contributed by atoms with Gasteiger partial charge in [0.2, 0.25) is 5.91 Å². The van der Waals surface area contributed by atoms with Crippen LogP contribution in [0.25, 0.3) is 17.1 Å². The number of likely N-dealkylation sites (tertiary alicyclic amines) is 1. The molecule has 7 nitrogen and oxygen atoms in total. The first-order chi connectivity index (χ1) is 16.9. The molecule has 4 rings (SSSR count). The van der Waals surface area contributed by atoms with Crippen LogP contribution in [0, 0.1) is 12.8 Å². The molecule has 2 aromatic carbocycles. The molecule has 35 heavy (non-hydrogen) atoms. The molecule has 2 heterocycles. The lowest BCUT2D eigenvalue weighted by Crippen LogP contribution is -2.43. The Morgan fingerprint density at radius 2 is 1.89 bits per heavy atom. The summed E-state index contributed by atoms with van der Waals surface area (Å²) in [5.41, 5.74) is 2.77. The second kappa shape index (κ2) is 11.5. The summed E-state index contributed by atoms with van der Waals surface area (Å²) in [6.45, 7) is 5.16. The fourth-order valence-corrected chi connectivity index (χ4v) is 5.13. The lowest BCUT2D eigenvalue weighted by Gasteiger charge is -2.31. The topological polar surface area (TPSA) is 77.3 Å². The number of ether oxygens (including phenoxy) is 1. The van der Waals surface area contributed by atoms with Gasteiger partial charge < -0.3 is 9.64 Å². The van der Waals surface area contributed by atoms with Gasteiger partial charge in [0.25, 0.3) is 0 Å². The lowest BCUT2D eigenvalue weighted by atomic mass is 9.98. The SMILES string of the molecule is CCOC(=O)C1CCCN(C(=O)CSc2nnc(-c3ccc(C)cc3)n2-c2ccc(Cl)c(Cl)c2)C1. The van der Waals surface area contributed by atoms with Crippen LogP contribution in [0.4, 0.5) is 0 Å². The van der Waals surface area contributed by atoms with E-state index in [4.69, 9.17) is 27.9 Å². The zero-order valence-electron chi connectivity index (χ0n) is 19.5. The van der Waals surface area contributed by atoms with Gasteiger partial charge in [-0.2, -0.15) is 0 Å². The van der Waals surface area contributed by atoms with Crippen LogP contribution in [-0.2, 0) is 14.3 Å². The van der Waals surface area contributed by atoms with Gasteiger partial charge in [-0.3, -0.25) is 14.2 Å². The van der Waals surface area contributed by atoms with Crippen molar-refractivity contribution in [2.24, 2.45) is 5.92 Å². The van der Waals surface area contributed by atoms with Gasteiger partial charge in [-0.1, -0.05) is 64.8 Å². The second-order valence-corrected chi connectivity index (χ2v) is 10.1. The molecule has 0 aliphatic carbocycles. The molecule has 1 atom stereocenters. The van der Waals surface area contributed by atoms with E-state index in [1.807, 2.05) is 41.8 Å². The van der Waals surface area contributed by atoms with E-state index in [-0.39, 0.29) is 23.5 Å². The van der Waals surface area contributed by atoms with Crippen molar-refractivity contribution in [2.45, 2.75) is 31.8 Å². The molecule has 0 radical (unpaired) electrons. The van der Waals surface area contributed by atoms with Crippen molar-refractivity contribution in [3.63, 3.8) is 0 Å². The van der Waals surface area contributed by atoms with Gasteiger partial charge >= 0.3 is 5.97 Å². The fraction of sp³-hybridized carbons (Fsp3) is 0.360. The number of aromatic nitrogens is 3. The summed E-state index contributed by atoms with van der Waals surface area (Å²) in [7, 11) is 0. The molecule has 1 aliphatic rings. The first kappa shape index (κ1) is 25.5. The highest BCUT2D eigenvalue weighted by Crippen LogP contribution is 2.32. The second-order valence-electron chi connectivity index (χ2n) is 8.33. The van der Waals surface area contributed by atoms with Crippen molar-refractivity contribution in [3.05, 3.63) is 58.1 Å². The van der Waals surface area contributed by atoms with Gasteiger partial charge in [0, 0.05) is 18.7 Å². The lowest BCUT2D eigenvalue weighted by molar-refractivity contribution is -0.151. The van der Waals surface area contributed by atoms with Crippen molar-refractivity contribution in [2.75, 3.05) is 25.4 Å². The molecule has 0 saturated carbocycles. The Kier molecular flexibility index (Phi) is 8.36. The highest BCUT2D eigenvalue weighted by molar-refractivity contribution is 7.99. The maximum atomic E-state index is 13.0. The van der Waals surface area contributed by atoms with Gasteiger partial charge in [-0.25, -0.2) is 0 Å². The third-order valence-electron chi connectivity index (χ3n) is 5.82. The Bertz CT molecular complexity index is 1220.